The average Bonchev–Trinajstić information content (AvgIpc) is 2.81. The molecule has 4 aromatic rings. The molecule has 16 nitrogen and oxygen atoms in total. The fourth-order valence-corrected chi connectivity index (χ4v) is 5.79. The molecule has 3 aromatic carbocycles. The van der Waals surface area contributed by atoms with Gasteiger partial charge in [-0.05, 0) is 71.4 Å². The number of phenolic OH excluding ortho intramolecular Hbond substituents is 1. The van der Waals surface area contributed by atoms with Crippen molar-refractivity contribution in [2.24, 2.45) is 10.2 Å². The third-order valence-electron chi connectivity index (χ3n) is 5.18. The third kappa shape index (κ3) is 9.73. The molecule has 0 amide bonds. The van der Waals surface area contributed by atoms with Gasteiger partial charge in [0.05, 0.1) is 10.6 Å². The number of hydrogen-bond acceptors (Lipinski definition) is 13. The SMILES string of the molecule is Cc1ccc(N=Nc2c(S(=O)(=O)O)cc3cc(S(=O)(=O)O)cc(Nc4nc(Cl)nc(Cl)n4)c3c2O)c(S(=O)(=O)O)c1.[Na].[Na].[Na]. The van der Waals surface area contributed by atoms with E-state index in [0.717, 1.165) is 24.3 Å². The Morgan fingerprint density at radius 3 is 1.84 bits per heavy atom. The van der Waals surface area contributed by atoms with Gasteiger partial charge in [-0.25, -0.2) is 0 Å². The molecule has 219 valence electrons. The summed E-state index contributed by atoms with van der Waals surface area (Å²) in [5.41, 5.74) is -1.34. The van der Waals surface area contributed by atoms with Crippen LogP contribution in [0.25, 0.3) is 10.8 Å². The quantitative estimate of drug-likeness (QED) is 0.104. The number of nitrogens with zero attached hydrogens (tertiary/aromatic N) is 5. The second kappa shape index (κ2) is 15.6. The molecule has 1 heterocycles. The van der Waals surface area contributed by atoms with Crippen molar-refractivity contribution >= 4 is 176 Å². The number of halogens is 2. The van der Waals surface area contributed by atoms with Gasteiger partial charge < -0.3 is 10.4 Å². The summed E-state index contributed by atoms with van der Waals surface area (Å²) in [4.78, 5) is 8.48. The zero-order valence-electron chi connectivity index (χ0n) is 22.9. The standard InChI is InChI=1S/C20H14Cl2N6O10S3.3Na/c1-8-2-3-11(13(4-8)40(33,34)35)27-28-16-14(41(36,37)38)6-9-5-10(39(30,31)32)7-12(15(9)17(16)29)23-20-25-18(21)24-19(22)26-20;;;/h2-7,29H,1H3,(H,30,31,32)(H,33,34,35)(H,36,37,38)(H,23,24,25,26);;;. The number of anilines is 2. The molecule has 24 heteroatoms. The largest absolute Gasteiger partial charge is 0.505 e. The summed E-state index contributed by atoms with van der Waals surface area (Å²) in [6.07, 6.45) is 0. The summed E-state index contributed by atoms with van der Waals surface area (Å²) in [5, 5.41) is 19.4. The molecule has 0 aliphatic carbocycles. The summed E-state index contributed by atoms with van der Waals surface area (Å²) in [6, 6.07) is 5.87. The van der Waals surface area contributed by atoms with Gasteiger partial charge in [-0.3, -0.25) is 13.7 Å². The molecule has 0 bridgehead atoms. The molecule has 0 aliphatic heterocycles. The second-order valence-corrected chi connectivity index (χ2v) is 12.9. The van der Waals surface area contributed by atoms with Crippen molar-refractivity contribution < 1.29 is 44.0 Å². The minimum absolute atomic E-state index is 0. The number of phenols is 1. The van der Waals surface area contributed by atoms with Crippen LogP contribution in [0.3, 0.4) is 0 Å². The van der Waals surface area contributed by atoms with Gasteiger partial charge in [-0.15, -0.1) is 10.2 Å². The molecule has 0 aliphatic rings. The Morgan fingerprint density at radius 1 is 0.750 bits per heavy atom. The van der Waals surface area contributed by atoms with Crippen LogP contribution in [0.2, 0.25) is 10.6 Å². The molecular weight excluding hydrogens is 720 g/mol. The number of rotatable bonds is 7. The number of hydrogen-bond donors (Lipinski definition) is 5. The van der Waals surface area contributed by atoms with E-state index in [2.05, 4.69) is 30.5 Å². The van der Waals surface area contributed by atoms with Gasteiger partial charge in [0.25, 0.3) is 30.4 Å². The zero-order chi connectivity index (χ0) is 30.5. The number of aromatic nitrogens is 3. The van der Waals surface area contributed by atoms with Crippen molar-refractivity contribution in [3.8, 4) is 5.75 Å². The summed E-state index contributed by atoms with van der Waals surface area (Å²) in [6.45, 7) is 1.52. The number of benzene rings is 3. The minimum atomic E-state index is -5.21. The Morgan fingerprint density at radius 2 is 1.32 bits per heavy atom. The molecule has 3 radical (unpaired) electrons. The maximum atomic E-state index is 12.2. The van der Waals surface area contributed by atoms with E-state index >= 15 is 0 Å². The van der Waals surface area contributed by atoms with Crippen molar-refractivity contribution in [3.05, 3.63) is 52.5 Å². The van der Waals surface area contributed by atoms with Crippen LogP contribution in [0, 0.1) is 6.92 Å². The van der Waals surface area contributed by atoms with Gasteiger partial charge in [-0.2, -0.15) is 40.2 Å². The van der Waals surface area contributed by atoms with Crippen LogP contribution in [0.15, 0.2) is 61.3 Å². The molecule has 0 atom stereocenters. The molecule has 1 aromatic heterocycles. The number of nitrogens with one attached hydrogen (secondary N) is 1. The van der Waals surface area contributed by atoms with Gasteiger partial charge in [0.1, 0.15) is 21.2 Å². The molecule has 0 spiro atoms. The molecule has 0 saturated heterocycles. The van der Waals surface area contributed by atoms with Gasteiger partial charge >= 0.3 is 0 Å². The zero-order valence-corrected chi connectivity index (χ0v) is 32.9. The molecular formula is C20H14Cl2N6Na3O10S3. The van der Waals surface area contributed by atoms with Crippen molar-refractivity contribution in [2.75, 3.05) is 5.32 Å². The van der Waals surface area contributed by atoms with E-state index in [9.17, 15) is 44.0 Å². The average molecular weight is 734 g/mol. The summed E-state index contributed by atoms with van der Waals surface area (Å²) in [7, 11) is -15.0. The van der Waals surface area contributed by atoms with E-state index in [1.807, 2.05) is 0 Å². The number of aryl methyl sites for hydroxylation is 1. The summed E-state index contributed by atoms with van der Waals surface area (Å²) in [5.74, 6) is -1.39. The smallest absolute Gasteiger partial charge is 0.296 e. The van der Waals surface area contributed by atoms with E-state index in [1.165, 1.54) is 13.0 Å². The third-order valence-corrected chi connectivity index (χ3v) is 8.10. The van der Waals surface area contributed by atoms with Crippen LogP contribution in [-0.2, 0) is 30.4 Å². The van der Waals surface area contributed by atoms with Crippen LogP contribution in [-0.4, -0.2) is 148 Å². The van der Waals surface area contributed by atoms with Crippen LogP contribution < -0.4 is 5.32 Å². The van der Waals surface area contributed by atoms with Gasteiger partial charge in [0, 0.05) is 94.1 Å². The minimum Gasteiger partial charge on any atom is -0.505 e. The Bertz CT molecular complexity index is 2100. The van der Waals surface area contributed by atoms with Gasteiger partial charge in [-0.1, -0.05) is 6.07 Å². The molecule has 5 N–H and O–H groups in total. The maximum absolute atomic E-state index is 12.2. The molecule has 44 heavy (non-hydrogen) atoms. The van der Waals surface area contributed by atoms with Crippen LogP contribution in [0.4, 0.5) is 23.0 Å². The Kier molecular flexibility index (Phi) is 14.7. The van der Waals surface area contributed by atoms with E-state index in [-0.39, 0.29) is 122 Å². The van der Waals surface area contributed by atoms with E-state index in [1.54, 1.807) is 0 Å². The Hall–Kier alpha value is -0.560. The summed E-state index contributed by atoms with van der Waals surface area (Å²) < 4.78 is 101. The number of aromatic hydroxyl groups is 1. The number of azo groups is 1. The van der Waals surface area contributed by atoms with E-state index in [0.29, 0.717) is 11.6 Å². The predicted octanol–water partition coefficient (Wildman–Crippen LogP) is 3.10. The molecule has 0 saturated carbocycles. The second-order valence-electron chi connectivity index (χ2n) is 8.06. The fraction of sp³-hybridized carbons (Fsp3) is 0.0500. The monoisotopic (exact) mass is 733 g/mol. The molecule has 4 rings (SSSR count). The van der Waals surface area contributed by atoms with Gasteiger partial charge in [0.15, 0.2) is 5.75 Å². The molecule has 0 unspecified atom stereocenters. The topological polar surface area (TPSA) is 259 Å². The first-order valence-corrected chi connectivity index (χ1v) is 15.5. The van der Waals surface area contributed by atoms with Crippen LogP contribution >= 0.6 is 23.2 Å². The Labute approximate surface area is 326 Å². The maximum Gasteiger partial charge on any atom is 0.296 e. The summed E-state index contributed by atoms with van der Waals surface area (Å²) >= 11 is 11.5. The van der Waals surface area contributed by atoms with E-state index < -0.39 is 62.2 Å². The van der Waals surface area contributed by atoms with E-state index in [4.69, 9.17) is 23.2 Å². The fourth-order valence-electron chi connectivity index (χ4n) is 3.52. The van der Waals surface area contributed by atoms with Crippen LogP contribution in [0.1, 0.15) is 5.56 Å². The molecule has 0 fully saturated rings. The predicted molar refractivity (Wildman–Crippen MR) is 161 cm³/mol. The van der Waals surface area contributed by atoms with Crippen LogP contribution in [0.5, 0.6) is 5.75 Å². The van der Waals surface area contributed by atoms with Crippen molar-refractivity contribution in [1.82, 2.24) is 15.0 Å². The first-order chi connectivity index (χ1) is 18.8. The van der Waals surface area contributed by atoms with Crippen molar-refractivity contribution in [1.29, 1.82) is 0 Å². The first kappa shape index (κ1) is 41.5. The first-order valence-electron chi connectivity index (χ1n) is 10.5. The van der Waals surface area contributed by atoms with Gasteiger partial charge in [0.2, 0.25) is 16.5 Å². The Balaban J connectivity index is 0.00000323. The van der Waals surface area contributed by atoms with Crippen molar-refractivity contribution in [3.63, 3.8) is 0 Å². The number of fused-ring (bicyclic) bond motifs is 1. The normalized spacial score (nSPS) is 11.9. The van der Waals surface area contributed by atoms with Crippen molar-refractivity contribution in [2.45, 2.75) is 21.6 Å².